The van der Waals surface area contributed by atoms with Gasteiger partial charge in [-0.3, -0.25) is 14.3 Å². The number of rotatable bonds is 7. The summed E-state index contributed by atoms with van der Waals surface area (Å²) in [4.78, 5) is 27.1. The molecule has 32 heavy (non-hydrogen) atoms. The number of aromatic nitrogens is 2. The molecule has 1 saturated heterocycles. The summed E-state index contributed by atoms with van der Waals surface area (Å²) >= 11 is 0. The first-order valence-corrected chi connectivity index (χ1v) is 11.2. The molecule has 2 heterocycles. The van der Waals surface area contributed by atoms with Crippen LogP contribution in [0, 0.1) is 19.8 Å². The Hall–Kier alpha value is -3.41. The highest BCUT2D eigenvalue weighted by Crippen LogP contribution is 2.26. The number of anilines is 1. The minimum atomic E-state index is -0.340. The summed E-state index contributed by atoms with van der Waals surface area (Å²) in [6.07, 6.45) is 1.20. The van der Waals surface area contributed by atoms with E-state index in [1.807, 2.05) is 61.0 Å². The average molecular weight is 431 g/mol. The van der Waals surface area contributed by atoms with Crippen LogP contribution in [0.25, 0.3) is 0 Å². The van der Waals surface area contributed by atoms with Gasteiger partial charge < -0.3 is 10.2 Å². The number of hydrogen-bond donors (Lipinski definition) is 1. The third-order valence-electron chi connectivity index (χ3n) is 6.30. The van der Waals surface area contributed by atoms with E-state index >= 15 is 0 Å². The minimum Gasteiger partial charge on any atom is -0.352 e. The fraction of sp³-hybridized carbons (Fsp3) is 0.346. The number of hydrogen-bond acceptors (Lipinski definition) is 3. The molecule has 0 aliphatic carbocycles. The quantitative estimate of drug-likeness (QED) is 0.620. The van der Waals surface area contributed by atoms with Crippen molar-refractivity contribution in [3.05, 3.63) is 82.7 Å². The zero-order chi connectivity index (χ0) is 22.7. The monoisotopic (exact) mass is 430 g/mol. The van der Waals surface area contributed by atoms with Gasteiger partial charge in [0.1, 0.15) is 0 Å². The number of nitrogens with zero attached hydrogens (tertiary/aromatic N) is 3. The lowest BCUT2D eigenvalue weighted by Gasteiger charge is -2.17. The summed E-state index contributed by atoms with van der Waals surface area (Å²) < 4.78 is 1.98. The largest absolute Gasteiger partial charge is 0.352 e. The van der Waals surface area contributed by atoms with Crippen LogP contribution in [-0.4, -0.2) is 28.1 Å². The molecule has 1 N–H and O–H groups in total. The van der Waals surface area contributed by atoms with Gasteiger partial charge in [0.25, 0.3) is 0 Å². The first-order chi connectivity index (χ1) is 15.5. The number of carbonyl (C=O) groups excluding carboxylic acids is 2. The molecule has 4 rings (SSSR count). The Kier molecular flexibility index (Phi) is 6.40. The van der Waals surface area contributed by atoms with E-state index in [4.69, 9.17) is 0 Å². The summed E-state index contributed by atoms with van der Waals surface area (Å²) in [6.45, 7) is 7.64. The molecule has 0 bridgehead atoms. The molecule has 2 amide bonds. The van der Waals surface area contributed by atoms with Crippen molar-refractivity contribution in [1.29, 1.82) is 0 Å². The molecule has 1 unspecified atom stereocenters. The van der Waals surface area contributed by atoms with E-state index in [2.05, 4.69) is 29.5 Å². The van der Waals surface area contributed by atoms with Gasteiger partial charge in [0.05, 0.1) is 18.2 Å². The van der Waals surface area contributed by atoms with Crippen molar-refractivity contribution in [3.8, 4) is 0 Å². The summed E-state index contributed by atoms with van der Waals surface area (Å²) in [6, 6.07) is 18.2. The van der Waals surface area contributed by atoms with Crippen LogP contribution in [-0.2, 0) is 29.1 Å². The average Bonchev–Trinajstić information content (AvgIpc) is 3.32. The van der Waals surface area contributed by atoms with E-state index in [1.54, 1.807) is 4.90 Å². The lowest BCUT2D eigenvalue weighted by atomic mass is 10.1. The molecule has 166 valence electrons. The second-order valence-electron chi connectivity index (χ2n) is 8.44. The maximum absolute atomic E-state index is 12.8. The molecule has 0 radical (unpaired) electrons. The highest BCUT2D eigenvalue weighted by molar-refractivity contribution is 6.00. The molecule has 1 atom stereocenters. The van der Waals surface area contributed by atoms with Gasteiger partial charge in [-0.1, -0.05) is 49.4 Å². The third-order valence-corrected chi connectivity index (χ3v) is 6.30. The maximum atomic E-state index is 12.8. The van der Waals surface area contributed by atoms with Crippen molar-refractivity contribution in [2.45, 2.75) is 46.7 Å². The van der Waals surface area contributed by atoms with E-state index in [-0.39, 0.29) is 24.2 Å². The standard InChI is InChI=1S/C26H30N4O2/c1-4-20-10-12-23(13-11-20)29-17-22(14-25(29)31)26(32)27-15-24-18(2)28-30(19(24)3)16-21-8-6-5-7-9-21/h5-13,22H,4,14-17H2,1-3H3,(H,27,32). The molecule has 1 aliphatic rings. The Morgan fingerprint density at radius 3 is 2.47 bits per heavy atom. The highest BCUT2D eigenvalue weighted by Gasteiger charge is 2.35. The second kappa shape index (κ2) is 9.39. The highest BCUT2D eigenvalue weighted by atomic mass is 16.2. The van der Waals surface area contributed by atoms with Gasteiger partial charge in [0, 0.05) is 36.5 Å². The first kappa shape index (κ1) is 21.8. The maximum Gasteiger partial charge on any atom is 0.227 e. The Morgan fingerprint density at radius 1 is 1.06 bits per heavy atom. The molecule has 0 saturated carbocycles. The number of aryl methyl sites for hydroxylation is 2. The Morgan fingerprint density at radius 2 is 1.78 bits per heavy atom. The first-order valence-electron chi connectivity index (χ1n) is 11.2. The van der Waals surface area contributed by atoms with E-state index in [0.29, 0.717) is 19.6 Å². The zero-order valence-electron chi connectivity index (χ0n) is 19.0. The van der Waals surface area contributed by atoms with Crippen LogP contribution in [0.4, 0.5) is 5.69 Å². The molecule has 2 aromatic carbocycles. The lowest BCUT2D eigenvalue weighted by molar-refractivity contribution is -0.126. The zero-order valence-corrected chi connectivity index (χ0v) is 19.0. The molecule has 1 fully saturated rings. The van der Waals surface area contributed by atoms with Gasteiger partial charge in [-0.2, -0.15) is 5.10 Å². The van der Waals surface area contributed by atoms with Gasteiger partial charge in [-0.05, 0) is 43.5 Å². The molecule has 3 aromatic rings. The van der Waals surface area contributed by atoms with Crippen molar-refractivity contribution < 1.29 is 9.59 Å². The van der Waals surface area contributed by atoms with Gasteiger partial charge >= 0.3 is 0 Å². The Balaban J connectivity index is 1.38. The van der Waals surface area contributed by atoms with E-state index in [9.17, 15) is 9.59 Å². The van der Waals surface area contributed by atoms with Crippen molar-refractivity contribution in [2.24, 2.45) is 5.92 Å². The third kappa shape index (κ3) is 4.59. The number of amides is 2. The molecule has 6 heteroatoms. The molecule has 6 nitrogen and oxygen atoms in total. The van der Waals surface area contributed by atoms with Crippen LogP contribution in [0.5, 0.6) is 0 Å². The van der Waals surface area contributed by atoms with Crippen molar-refractivity contribution >= 4 is 17.5 Å². The van der Waals surface area contributed by atoms with Crippen LogP contribution >= 0.6 is 0 Å². The Bertz CT molecular complexity index is 1100. The summed E-state index contributed by atoms with van der Waals surface area (Å²) in [7, 11) is 0. The van der Waals surface area contributed by atoms with Crippen LogP contribution in [0.3, 0.4) is 0 Å². The van der Waals surface area contributed by atoms with Crippen LogP contribution in [0.15, 0.2) is 54.6 Å². The summed E-state index contributed by atoms with van der Waals surface area (Å²) in [5.41, 5.74) is 6.27. The van der Waals surface area contributed by atoms with E-state index in [1.165, 1.54) is 11.1 Å². The molecule has 0 spiro atoms. The van der Waals surface area contributed by atoms with Gasteiger partial charge in [-0.15, -0.1) is 0 Å². The van der Waals surface area contributed by atoms with E-state index < -0.39 is 0 Å². The summed E-state index contributed by atoms with van der Waals surface area (Å²) in [5, 5.41) is 7.70. The minimum absolute atomic E-state index is 0.00237. The fourth-order valence-electron chi connectivity index (χ4n) is 4.26. The lowest BCUT2D eigenvalue weighted by Crippen LogP contribution is -2.32. The SMILES string of the molecule is CCc1ccc(N2CC(C(=O)NCc3c(C)nn(Cc4ccccc4)c3C)CC2=O)cc1. The van der Waals surface area contributed by atoms with Gasteiger partial charge in [0.15, 0.2) is 0 Å². The number of benzene rings is 2. The van der Waals surface area contributed by atoms with Crippen LogP contribution in [0.1, 0.15) is 41.4 Å². The van der Waals surface area contributed by atoms with Crippen molar-refractivity contribution in [3.63, 3.8) is 0 Å². The smallest absolute Gasteiger partial charge is 0.227 e. The van der Waals surface area contributed by atoms with Crippen molar-refractivity contribution in [1.82, 2.24) is 15.1 Å². The Labute approximate surface area is 189 Å². The number of nitrogens with one attached hydrogen (secondary N) is 1. The normalized spacial score (nSPS) is 15.9. The van der Waals surface area contributed by atoms with Crippen molar-refractivity contribution in [2.75, 3.05) is 11.4 Å². The topological polar surface area (TPSA) is 67.2 Å². The molecular weight excluding hydrogens is 400 g/mol. The second-order valence-corrected chi connectivity index (χ2v) is 8.44. The van der Waals surface area contributed by atoms with Gasteiger partial charge in [0.2, 0.25) is 11.8 Å². The van der Waals surface area contributed by atoms with Gasteiger partial charge in [-0.25, -0.2) is 0 Å². The molecular formula is C26H30N4O2. The summed E-state index contributed by atoms with van der Waals surface area (Å²) in [5.74, 6) is -0.425. The molecule has 1 aliphatic heterocycles. The fourth-order valence-corrected chi connectivity index (χ4v) is 4.26. The molecule has 1 aromatic heterocycles. The van der Waals surface area contributed by atoms with Crippen LogP contribution < -0.4 is 10.2 Å². The predicted octanol–water partition coefficient (Wildman–Crippen LogP) is 3.78. The van der Waals surface area contributed by atoms with Crippen LogP contribution in [0.2, 0.25) is 0 Å². The van der Waals surface area contributed by atoms with E-state index in [0.717, 1.165) is 29.1 Å². The predicted molar refractivity (Wildman–Crippen MR) is 125 cm³/mol. The number of carbonyl (C=O) groups is 2.